The van der Waals surface area contributed by atoms with Crippen LogP contribution in [0.4, 0.5) is 5.13 Å². The van der Waals surface area contributed by atoms with E-state index in [1.165, 1.54) is 5.56 Å². The Balaban J connectivity index is 1.53. The second kappa shape index (κ2) is 9.54. The Morgan fingerprint density at radius 1 is 1.17 bits per heavy atom. The summed E-state index contributed by atoms with van der Waals surface area (Å²) in [5.41, 5.74) is 2.18. The molecule has 0 aliphatic heterocycles. The van der Waals surface area contributed by atoms with Crippen molar-refractivity contribution >= 4 is 32.6 Å². The van der Waals surface area contributed by atoms with Gasteiger partial charge in [0.2, 0.25) is 0 Å². The average Bonchev–Trinajstić information content (AvgIpc) is 3.45. The number of imidazole rings is 1. The molecule has 7 heteroatoms. The maximum Gasteiger partial charge on any atom is 0.266 e. The highest BCUT2D eigenvalue weighted by molar-refractivity contribution is 7.22. The molecule has 6 nitrogen and oxygen atoms in total. The molecule has 0 saturated heterocycles. The monoisotopic (exact) mass is 420 g/mol. The lowest BCUT2D eigenvalue weighted by Crippen LogP contribution is -2.36. The van der Waals surface area contributed by atoms with E-state index >= 15 is 0 Å². The number of amides is 1. The van der Waals surface area contributed by atoms with Gasteiger partial charge in [0.15, 0.2) is 11.7 Å². The molecule has 2 heterocycles. The van der Waals surface area contributed by atoms with Crippen LogP contribution in [0.1, 0.15) is 18.9 Å². The predicted molar refractivity (Wildman–Crippen MR) is 120 cm³/mol. The molecule has 1 amide bonds. The summed E-state index contributed by atoms with van der Waals surface area (Å²) in [5, 5.41) is 0.721. The number of hydrogen-bond donors (Lipinski definition) is 0. The summed E-state index contributed by atoms with van der Waals surface area (Å²) in [6.07, 6.45) is 7.18. The van der Waals surface area contributed by atoms with E-state index in [1.807, 2.05) is 47.2 Å². The number of rotatable bonds is 9. The molecule has 0 saturated carbocycles. The minimum atomic E-state index is -0.0958. The lowest BCUT2D eigenvalue weighted by atomic mass is 10.1. The van der Waals surface area contributed by atoms with Crippen LogP contribution in [-0.4, -0.2) is 33.6 Å². The third-order valence-corrected chi connectivity index (χ3v) is 5.91. The summed E-state index contributed by atoms with van der Waals surface area (Å²) in [6, 6.07) is 15.6. The van der Waals surface area contributed by atoms with Gasteiger partial charge < -0.3 is 9.30 Å². The fourth-order valence-corrected chi connectivity index (χ4v) is 4.35. The van der Waals surface area contributed by atoms with Gasteiger partial charge in [0, 0.05) is 25.5 Å². The van der Waals surface area contributed by atoms with Crippen LogP contribution in [0.15, 0.2) is 67.3 Å². The molecule has 0 aliphatic rings. The van der Waals surface area contributed by atoms with Crippen molar-refractivity contribution in [3.63, 3.8) is 0 Å². The zero-order valence-electron chi connectivity index (χ0n) is 16.9. The van der Waals surface area contributed by atoms with Crippen LogP contribution in [0.3, 0.4) is 0 Å². The molecular formula is C23H24N4O2S. The van der Waals surface area contributed by atoms with E-state index in [-0.39, 0.29) is 12.5 Å². The van der Waals surface area contributed by atoms with E-state index in [2.05, 4.69) is 24.0 Å². The Hall–Kier alpha value is -3.19. The van der Waals surface area contributed by atoms with E-state index in [0.29, 0.717) is 12.3 Å². The minimum absolute atomic E-state index is 0.0222. The second-order valence-corrected chi connectivity index (χ2v) is 7.92. The third-order valence-electron chi connectivity index (χ3n) is 4.87. The van der Waals surface area contributed by atoms with Crippen molar-refractivity contribution in [3.8, 4) is 5.75 Å². The van der Waals surface area contributed by atoms with Gasteiger partial charge in [0.05, 0.1) is 16.5 Å². The Kier molecular flexibility index (Phi) is 6.39. The van der Waals surface area contributed by atoms with Crippen molar-refractivity contribution in [2.24, 2.45) is 0 Å². The molecular weight excluding hydrogens is 396 g/mol. The van der Waals surface area contributed by atoms with E-state index in [0.717, 1.165) is 34.7 Å². The first kappa shape index (κ1) is 20.1. The Morgan fingerprint density at radius 3 is 2.80 bits per heavy atom. The zero-order chi connectivity index (χ0) is 20.8. The molecule has 0 aliphatic carbocycles. The standard InChI is InChI=1S/C23H24N4O2S/c1-2-18-8-6-11-20-22(18)25-23(30-20)27(14-7-13-26-15-12-24-17-26)21(28)16-29-19-9-4-3-5-10-19/h3-6,8-12,15,17H,2,7,13-14,16H2,1H3. The molecule has 4 rings (SSSR count). The predicted octanol–water partition coefficient (Wildman–Crippen LogP) is 4.56. The van der Waals surface area contributed by atoms with Gasteiger partial charge in [-0.15, -0.1) is 0 Å². The molecule has 0 spiro atoms. The number of ether oxygens (including phenoxy) is 1. The van der Waals surface area contributed by atoms with Gasteiger partial charge in [-0.05, 0) is 36.6 Å². The summed E-state index contributed by atoms with van der Waals surface area (Å²) in [5.74, 6) is 0.586. The van der Waals surface area contributed by atoms with Crippen LogP contribution < -0.4 is 9.64 Å². The number of benzene rings is 2. The quantitative estimate of drug-likeness (QED) is 0.398. The summed E-state index contributed by atoms with van der Waals surface area (Å²) < 4.78 is 8.82. The number of thiazole rings is 1. The SMILES string of the molecule is CCc1cccc2sc(N(CCCn3ccnc3)C(=O)COc3ccccc3)nc12. The van der Waals surface area contributed by atoms with Crippen LogP contribution in [0.25, 0.3) is 10.2 Å². The normalized spacial score (nSPS) is 11.0. The molecule has 4 aromatic rings. The number of carbonyl (C=O) groups excluding carboxylic acids is 1. The van der Waals surface area contributed by atoms with Crippen molar-refractivity contribution < 1.29 is 9.53 Å². The van der Waals surface area contributed by atoms with Gasteiger partial charge in [0.1, 0.15) is 5.75 Å². The topological polar surface area (TPSA) is 60.2 Å². The fraction of sp³-hybridized carbons (Fsp3) is 0.261. The molecule has 0 fully saturated rings. The molecule has 0 unspecified atom stereocenters. The largest absolute Gasteiger partial charge is 0.484 e. The molecule has 0 N–H and O–H groups in total. The van der Waals surface area contributed by atoms with Crippen molar-refractivity contribution in [1.29, 1.82) is 0 Å². The number of anilines is 1. The van der Waals surface area contributed by atoms with Crippen LogP contribution in [-0.2, 0) is 17.8 Å². The van der Waals surface area contributed by atoms with Crippen LogP contribution in [0.5, 0.6) is 5.75 Å². The number of aromatic nitrogens is 3. The molecule has 2 aromatic heterocycles. The van der Waals surface area contributed by atoms with Crippen molar-refractivity contribution in [1.82, 2.24) is 14.5 Å². The van der Waals surface area contributed by atoms with Crippen molar-refractivity contribution in [2.75, 3.05) is 18.1 Å². The van der Waals surface area contributed by atoms with Gasteiger partial charge in [-0.2, -0.15) is 0 Å². The van der Waals surface area contributed by atoms with Gasteiger partial charge >= 0.3 is 0 Å². The minimum Gasteiger partial charge on any atom is -0.484 e. The van der Waals surface area contributed by atoms with Gasteiger partial charge in [0.25, 0.3) is 5.91 Å². The maximum atomic E-state index is 13.1. The van der Waals surface area contributed by atoms with Crippen LogP contribution in [0, 0.1) is 0 Å². The average molecular weight is 421 g/mol. The van der Waals surface area contributed by atoms with Gasteiger partial charge in [-0.25, -0.2) is 9.97 Å². The summed E-state index contributed by atoms with van der Waals surface area (Å²) in [6.45, 7) is 3.45. The first-order valence-corrected chi connectivity index (χ1v) is 10.9. The number of nitrogens with zero attached hydrogens (tertiary/aromatic N) is 4. The lowest BCUT2D eigenvalue weighted by Gasteiger charge is -2.20. The van der Waals surface area contributed by atoms with E-state index in [4.69, 9.17) is 9.72 Å². The smallest absolute Gasteiger partial charge is 0.266 e. The molecule has 0 bridgehead atoms. The number of para-hydroxylation sites is 2. The molecule has 0 radical (unpaired) electrons. The fourth-order valence-electron chi connectivity index (χ4n) is 3.29. The first-order chi connectivity index (χ1) is 14.7. The third kappa shape index (κ3) is 4.68. The Bertz CT molecular complexity index is 1090. The molecule has 154 valence electrons. The molecule has 0 atom stereocenters. The second-order valence-electron chi connectivity index (χ2n) is 6.92. The Labute approximate surface area is 179 Å². The van der Waals surface area contributed by atoms with Crippen LogP contribution in [0.2, 0.25) is 0 Å². The highest BCUT2D eigenvalue weighted by atomic mass is 32.1. The summed E-state index contributed by atoms with van der Waals surface area (Å²) in [7, 11) is 0. The number of carbonyl (C=O) groups is 1. The van der Waals surface area contributed by atoms with E-state index in [1.54, 1.807) is 28.8 Å². The lowest BCUT2D eigenvalue weighted by molar-refractivity contribution is -0.120. The highest BCUT2D eigenvalue weighted by Gasteiger charge is 2.21. The molecule has 30 heavy (non-hydrogen) atoms. The Morgan fingerprint density at radius 2 is 2.03 bits per heavy atom. The summed E-state index contributed by atoms with van der Waals surface area (Å²) in [4.78, 5) is 23.7. The zero-order valence-corrected chi connectivity index (χ0v) is 17.7. The maximum absolute atomic E-state index is 13.1. The van der Waals surface area contributed by atoms with E-state index in [9.17, 15) is 4.79 Å². The number of fused-ring (bicyclic) bond motifs is 1. The van der Waals surface area contributed by atoms with Gasteiger partial charge in [-0.1, -0.05) is 48.6 Å². The highest BCUT2D eigenvalue weighted by Crippen LogP contribution is 2.31. The van der Waals surface area contributed by atoms with E-state index < -0.39 is 0 Å². The van der Waals surface area contributed by atoms with Gasteiger partial charge in [-0.3, -0.25) is 9.69 Å². The summed E-state index contributed by atoms with van der Waals surface area (Å²) >= 11 is 1.55. The number of hydrogen-bond acceptors (Lipinski definition) is 5. The van der Waals surface area contributed by atoms with Crippen molar-refractivity contribution in [3.05, 3.63) is 72.8 Å². The number of aryl methyl sites for hydroxylation is 2. The molecule has 2 aromatic carbocycles. The first-order valence-electron chi connectivity index (χ1n) is 10.1. The van der Waals surface area contributed by atoms with Crippen molar-refractivity contribution in [2.45, 2.75) is 26.3 Å². The van der Waals surface area contributed by atoms with Crippen LogP contribution >= 0.6 is 11.3 Å².